The zero-order chi connectivity index (χ0) is 16.2. The molecule has 1 fully saturated rings. The minimum atomic E-state index is -0.273. The van der Waals surface area contributed by atoms with E-state index in [2.05, 4.69) is 53.4 Å². The Morgan fingerprint density at radius 3 is 1.91 bits per heavy atom. The summed E-state index contributed by atoms with van der Waals surface area (Å²) in [5, 5.41) is 0. The number of nitrogens with zero attached hydrogens (tertiary/aromatic N) is 2. The van der Waals surface area contributed by atoms with Crippen LogP contribution in [0, 0.1) is 0 Å². The van der Waals surface area contributed by atoms with Gasteiger partial charge in [-0.05, 0) is 11.1 Å². The average molecular weight is 310 g/mol. The lowest BCUT2D eigenvalue weighted by atomic mass is 9.94. The number of hydrogen-bond donors (Lipinski definition) is 0. The Labute approximate surface area is 137 Å². The van der Waals surface area contributed by atoms with Gasteiger partial charge in [-0.15, -0.1) is 0 Å². The molecule has 0 aromatic heterocycles. The maximum Gasteiger partial charge on any atom is 0.409 e. The van der Waals surface area contributed by atoms with Crippen LogP contribution in [0.3, 0.4) is 0 Å². The van der Waals surface area contributed by atoms with Crippen LogP contribution in [0.15, 0.2) is 60.7 Å². The van der Waals surface area contributed by atoms with Gasteiger partial charge in [-0.1, -0.05) is 60.7 Å². The Morgan fingerprint density at radius 1 is 1.00 bits per heavy atom. The largest absolute Gasteiger partial charge is 0.443 e. The lowest BCUT2D eigenvalue weighted by molar-refractivity contribution is -0.0359. The van der Waals surface area contributed by atoms with E-state index in [-0.39, 0.29) is 18.2 Å². The van der Waals surface area contributed by atoms with Crippen LogP contribution < -0.4 is 0 Å². The average Bonchev–Trinajstić information content (AvgIpc) is 2.54. The number of ether oxygens (including phenoxy) is 1. The number of likely N-dealkylation sites (tertiary alicyclic amines) is 1. The molecule has 2 aromatic rings. The van der Waals surface area contributed by atoms with E-state index < -0.39 is 0 Å². The molecule has 0 bridgehead atoms. The molecule has 4 heteroatoms. The van der Waals surface area contributed by atoms with Gasteiger partial charge in [0.05, 0.1) is 6.04 Å². The molecule has 0 radical (unpaired) electrons. The fraction of sp³-hybridized carbons (Fsp3) is 0.316. The van der Waals surface area contributed by atoms with Gasteiger partial charge in [-0.25, -0.2) is 4.79 Å². The normalized spacial score (nSPS) is 15.3. The van der Waals surface area contributed by atoms with Crippen molar-refractivity contribution in [1.29, 1.82) is 0 Å². The van der Waals surface area contributed by atoms with Gasteiger partial charge in [0, 0.05) is 27.2 Å². The van der Waals surface area contributed by atoms with E-state index in [4.69, 9.17) is 4.74 Å². The molecule has 1 heterocycles. The topological polar surface area (TPSA) is 32.8 Å². The Hall–Kier alpha value is -2.33. The second-order valence-corrected chi connectivity index (χ2v) is 6.08. The Bertz CT molecular complexity index is 597. The van der Waals surface area contributed by atoms with E-state index in [9.17, 15) is 4.79 Å². The second-order valence-electron chi connectivity index (χ2n) is 6.08. The van der Waals surface area contributed by atoms with Crippen LogP contribution in [-0.4, -0.2) is 49.2 Å². The van der Waals surface area contributed by atoms with Gasteiger partial charge in [0.2, 0.25) is 0 Å². The van der Waals surface area contributed by atoms with Gasteiger partial charge in [0.15, 0.2) is 0 Å². The van der Waals surface area contributed by atoms with E-state index >= 15 is 0 Å². The molecule has 1 aliphatic rings. The van der Waals surface area contributed by atoms with Crippen molar-refractivity contribution in [3.05, 3.63) is 71.8 Å². The predicted octanol–water partition coefficient (Wildman–Crippen LogP) is 3.16. The Morgan fingerprint density at radius 2 is 1.48 bits per heavy atom. The van der Waals surface area contributed by atoms with Gasteiger partial charge in [-0.2, -0.15) is 0 Å². The van der Waals surface area contributed by atoms with Crippen molar-refractivity contribution in [2.45, 2.75) is 12.1 Å². The number of amides is 1. The Balaban J connectivity index is 1.73. The van der Waals surface area contributed by atoms with Crippen LogP contribution in [0.25, 0.3) is 0 Å². The van der Waals surface area contributed by atoms with Gasteiger partial charge in [0.1, 0.15) is 6.10 Å². The molecule has 1 aliphatic heterocycles. The van der Waals surface area contributed by atoms with Crippen LogP contribution in [0.1, 0.15) is 17.2 Å². The van der Waals surface area contributed by atoms with Crippen molar-refractivity contribution in [3.63, 3.8) is 0 Å². The molecule has 23 heavy (non-hydrogen) atoms. The summed E-state index contributed by atoms with van der Waals surface area (Å²) in [5.74, 6) is 0. The Kier molecular flexibility index (Phi) is 4.63. The number of hydrogen-bond acceptors (Lipinski definition) is 3. The standard InChI is InChI=1S/C19H22N2O2/c1-20(2)19(22)23-17-13-21(14-17)18(15-9-5-3-6-10-15)16-11-7-4-8-12-16/h3-12,17-18H,13-14H2,1-2H3. The van der Waals surface area contributed by atoms with Gasteiger partial charge in [-0.3, -0.25) is 4.90 Å². The van der Waals surface area contributed by atoms with Crippen molar-refractivity contribution < 1.29 is 9.53 Å². The van der Waals surface area contributed by atoms with Crippen molar-refractivity contribution in [1.82, 2.24) is 9.80 Å². The molecule has 120 valence electrons. The third-order valence-electron chi connectivity index (χ3n) is 4.10. The first-order chi connectivity index (χ1) is 11.1. The van der Waals surface area contributed by atoms with Crippen molar-refractivity contribution in [3.8, 4) is 0 Å². The molecule has 1 saturated heterocycles. The highest BCUT2D eigenvalue weighted by molar-refractivity contribution is 5.67. The molecule has 2 aromatic carbocycles. The van der Waals surface area contributed by atoms with E-state index in [0.717, 1.165) is 13.1 Å². The highest BCUT2D eigenvalue weighted by Crippen LogP contribution is 2.32. The zero-order valence-electron chi connectivity index (χ0n) is 13.6. The maximum atomic E-state index is 11.6. The second kappa shape index (κ2) is 6.84. The van der Waals surface area contributed by atoms with Crippen LogP contribution in [0.5, 0.6) is 0 Å². The fourth-order valence-corrected chi connectivity index (χ4v) is 2.89. The predicted molar refractivity (Wildman–Crippen MR) is 90.3 cm³/mol. The molecule has 3 rings (SSSR count). The SMILES string of the molecule is CN(C)C(=O)OC1CN(C(c2ccccc2)c2ccccc2)C1. The van der Waals surface area contributed by atoms with E-state index in [1.54, 1.807) is 14.1 Å². The maximum absolute atomic E-state index is 11.6. The highest BCUT2D eigenvalue weighted by Gasteiger charge is 2.36. The quantitative estimate of drug-likeness (QED) is 0.869. The molecule has 0 atom stereocenters. The molecule has 0 unspecified atom stereocenters. The fourth-order valence-electron chi connectivity index (χ4n) is 2.89. The number of carbonyl (C=O) groups excluding carboxylic acids is 1. The van der Waals surface area contributed by atoms with Crippen molar-refractivity contribution in [2.75, 3.05) is 27.2 Å². The monoisotopic (exact) mass is 310 g/mol. The summed E-state index contributed by atoms with van der Waals surface area (Å²) >= 11 is 0. The summed E-state index contributed by atoms with van der Waals surface area (Å²) < 4.78 is 5.45. The molecular weight excluding hydrogens is 288 g/mol. The van der Waals surface area contributed by atoms with E-state index in [0.29, 0.717) is 0 Å². The third-order valence-corrected chi connectivity index (χ3v) is 4.10. The first kappa shape index (κ1) is 15.6. The molecule has 0 aliphatic carbocycles. The summed E-state index contributed by atoms with van der Waals surface area (Å²) in [6, 6.07) is 21.1. The smallest absolute Gasteiger partial charge is 0.409 e. The number of carbonyl (C=O) groups is 1. The van der Waals surface area contributed by atoms with Crippen molar-refractivity contribution >= 4 is 6.09 Å². The third kappa shape index (κ3) is 3.54. The minimum absolute atomic E-state index is 0.0279. The van der Waals surface area contributed by atoms with E-state index in [1.807, 2.05) is 12.1 Å². The lowest BCUT2D eigenvalue weighted by Crippen LogP contribution is -2.55. The van der Waals surface area contributed by atoms with Crippen LogP contribution in [0.4, 0.5) is 4.79 Å². The van der Waals surface area contributed by atoms with Gasteiger partial charge < -0.3 is 9.64 Å². The summed E-state index contributed by atoms with van der Waals surface area (Å²) in [7, 11) is 3.41. The molecule has 0 N–H and O–H groups in total. The minimum Gasteiger partial charge on any atom is -0.443 e. The summed E-state index contributed by atoms with van der Waals surface area (Å²) in [6.07, 6.45) is -0.301. The molecule has 1 amide bonds. The number of rotatable bonds is 4. The lowest BCUT2D eigenvalue weighted by Gasteiger charge is -2.44. The summed E-state index contributed by atoms with van der Waals surface area (Å²) in [4.78, 5) is 15.5. The first-order valence-corrected chi connectivity index (χ1v) is 7.87. The van der Waals surface area contributed by atoms with Crippen LogP contribution >= 0.6 is 0 Å². The number of benzene rings is 2. The van der Waals surface area contributed by atoms with Crippen LogP contribution in [-0.2, 0) is 4.74 Å². The van der Waals surface area contributed by atoms with Crippen LogP contribution in [0.2, 0.25) is 0 Å². The van der Waals surface area contributed by atoms with Crippen molar-refractivity contribution in [2.24, 2.45) is 0 Å². The van der Waals surface area contributed by atoms with E-state index in [1.165, 1.54) is 16.0 Å². The molecule has 4 nitrogen and oxygen atoms in total. The zero-order valence-corrected chi connectivity index (χ0v) is 13.6. The molecule has 0 saturated carbocycles. The summed E-state index contributed by atoms with van der Waals surface area (Å²) in [5.41, 5.74) is 2.52. The van der Waals surface area contributed by atoms with Gasteiger partial charge in [0.25, 0.3) is 0 Å². The summed E-state index contributed by atoms with van der Waals surface area (Å²) in [6.45, 7) is 1.52. The van der Waals surface area contributed by atoms with Gasteiger partial charge >= 0.3 is 6.09 Å². The molecular formula is C19H22N2O2. The highest BCUT2D eigenvalue weighted by atomic mass is 16.6. The first-order valence-electron chi connectivity index (χ1n) is 7.87. The molecule has 0 spiro atoms.